The number of allylic oxidation sites excluding steroid dienone is 1. The van der Waals surface area contributed by atoms with Crippen molar-refractivity contribution in [3.8, 4) is 27.5 Å². The van der Waals surface area contributed by atoms with E-state index in [4.69, 9.17) is 16.6 Å². The molecule has 0 radical (unpaired) electrons. The van der Waals surface area contributed by atoms with Crippen LogP contribution >= 0.6 is 22.9 Å². The molecular weight excluding hydrogens is 576 g/mol. The molecule has 1 aliphatic rings. The van der Waals surface area contributed by atoms with E-state index in [2.05, 4.69) is 44.3 Å². The molecule has 2 aromatic heterocycles. The highest BCUT2D eigenvalue weighted by atomic mass is 35.5. The molecule has 6 nitrogen and oxygen atoms in total. The standard InChI is InChI=1S/C35H39ClN4O2S/c1-6-23-10-9-11-24(7-2)32(23)40-31(18-22(4)5)28(34(41)39-17-16-37-20-27(39)8-3)19-29(35(40)42)33-38-30(21-43-33)25-12-14-26(36)15-13-25/h9-15,18-19,21,27,37H,6-8,16-17,20H2,1-5H3. The predicted molar refractivity (Wildman–Crippen MR) is 180 cm³/mol. The Bertz CT molecular complexity index is 1690. The zero-order chi connectivity index (χ0) is 30.7. The first-order valence-corrected chi connectivity index (χ1v) is 16.3. The number of carbonyl (C=O) groups is 1. The number of thiazole rings is 1. The Morgan fingerprint density at radius 3 is 2.42 bits per heavy atom. The van der Waals surface area contributed by atoms with E-state index in [0.29, 0.717) is 33.4 Å². The number of rotatable bonds is 8. The quantitative estimate of drug-likeness (QED) is 0.221. The molecule has 1 fully saturated rings. The molecule has 3 heterocycles. The maximum atomic E-state index is 14.7. The number of hydrogen-bond donors (Lipinski definition) is 1. The molecule has 4 aromatic rings. The van der Waals surface area contributed by atoms with Gasteiger partial charge in [0.15, 0.2) is 0 Å². The number of aryl methyl sites for hydroxylation is 2. The van der Waals surface area contributed by atoms with Crippen molar-refractivity contribution >= 4 is 34.9 Å². The van der Waals surface area contributed by atoms with Crippen LogP contribution in [0.1, 0.15) is 68.2 Å². The van der Waals surface area contributed by atoms with Crippen molar-refractivity contribution in [3.05, 3.63) is 97.2 Å². The van der Waals surface area contributed by atoms with Gasteiger partial charge in [0.2, 0.25) is 0 Å². The topological polar surface area (TPSA) is 67.2 Å². The van der Waals surface area contributed by atoms with Gasteiger partial charge in [0.25, 0.3) is 11.5 Å². The van der Waals surface area contributed by atoms with Gasteiger partial charge in [-0.2, -0.15) is 0 Å². The van der Waals surface area contributed by atoms with E-state index >= 15 is 0 Å². The average molecular weight is 615 g/mol. The van der Waals surface area contributed by atoms with E-state index in [1.54, 1.807) is 10.6 Å². The van der Waals surface area contributed by atoms with E-state index in [-0.39, 0.29) is 17.5 Å². The molecule has 5 rings (SSSR count). The normalized spacial score (nSPS) is 15.0. The van der Waals surface area contributed by atoms with Crippen molar-refractivity contribution < 1.29 is 4.79 Å². The van der Waals surface area contributed by atoms with Gasteiger partial charge in [-0.15, -0.1) is 11.3 Å². The van der Waals surface area contributed by atoms with E-state index in [9.17, 15) is 9.59 Å². The molecule has 1 unspecified atom stereocenters. The molecule has 0 spiro atoms. The van der Waals surface area contributed by atoms with Crippen molar-refractivity contribution in [2.45, 2.75) is 59.9 Å². The second kappa shape index (κ2) is 13.4. The van der Waals surface area contributed by atoms with E-state index in [0.717, 1.165) is 66.0 Å². The molecule has 1 atom stereocenters. The Morgan fingerprint density at radius 1 is 1.09 bits per heavy atom. The zero-order valence-electron chi connectivity index (χ0n) is 25.5. The van der Waals surface area contributed by atoms with Crippen molar-refractivity contribution in [1.82, 2.24) is 19.8 Å². The fourth-order valence-electron chi connectivity index (χ4n) is 5.79. The lowest BCUT2D eigenvalue weighted by molar-refractivity contribution is 0.0630. The summed E-state index contributed by atoms with van der Waals surface area (Å²) < 4.78 is 1.79. The molecule has 224 valence electrons. The molecule has 0 saturated carbocycles. The third-order valence-electron chi connectivity index (χ3n) is 8.04. The van der Waals surface area contributed by atoms with Gasteiger partial charge in [-0.3, -0.25) is 14.2 Å². The van der Waals surface area contributed by atoms with Gasteiger partial charge < -0.3 is 10.2 Å². The molecule has 1 N–H and O–H groups in total. The maximum absolute atomic E-state index is 14.7. The number of piperazine rings is 1. The first kappa shape index (κ1) is 30.9. The van der Waals surface area contributed by atoms with Gasteiger partial charge in [0, 0.05) is 41.6 Å². The Kier molecular flexibility index (Phi) is 9.65. The van der Waals surface area contributed by atoms with Crippen LogP contribution in [-0.2, 0) is 12.8 Å². The summed E-state index contributed by atoms with van der Waals surface area (Å²) >= 11 is 7.53. The summed E-state index contributed by atoms with van der Waals surface area (Å²) in [5.41, 5.74) is 7.08. The van der Waals surface area contributed by atoms with Crippen LogP contribution in [-0.4, -0.2) is 46.0 Å². The van der Waals surface area contributed by atoms with Crippen molar-refractivity contribution in [2.75, 3.05) is 19.6 Å². The lowest BCUT2D eigenvalue weighted by Crippen LogP contribution is -2.53. The number of hydrogen-bond acceptors (Lipinski definition) is 5. The first-order valence-electron chi connectivity index (χ1n) is 15.1. The SMILES string of the molecule is CCc1cccc(CC)c1-n1c(C=C(C)C)c(C(=O)N2CCNCC2CC)cc(-c2nc(-c3ccc(Cl)cc3)cs2)c1=O. The number of halogens is 1. The summed E-state index contributed by atoms with van der Waals surface area (Å²) in [7, 11) is 0. The zero-order valence-corrected chi connectivity index (χ0v) is 27.1. The summed E-state index contributed by atoms with van der Waals surface area (Å²) in [6.45, 7) is 12.4. The van der Waals surface area contributed by atoms with Crippen LogP contribution in [0.15, 0.2) is 64.3 Å². The molecule has 1 aliphatic heterocycles. The second-order valence-corrected chi connectivity index (χ2v) is 12.5. The molecule has 0 aliphatic carbocycles. The molecular formula is C35H39ClN4O2S. The number of carbonyl (C=O) groups excluding carboxylic acids is 1. The van der Waals surface area contributed by atoms with Gasteiger partial charge in [-0.1, -0.05) is 68.3 Å². The van der Waals surface area contributed by atoms with Crippen LogP contribution in [0.25, 0.3) is 33.6 Å². The summed E-state index contributed by atoms with van der Waals surface area (Å²) in [4.78, 5) is 36.1. The molecule has 0 bridgehead atoms. The van der Waals surface area contributed by atoms with E-state index in [1.807, 2.05) is 54.5 Å². The smallest absolute Gasteiger partial charge is 0.265 e. The monoisotopic (exact) mass is 614 g/mol. The van der Waals surface area contributed by atoms with Gasteiger partial charge >= 0.3 is 0 Å². The third-order valence-corrected chi connectivity index (χ3v) is 9.17. The minimum atomic E-state index is -0.177. The Balaban J connectivity index is 1.83. The van der Waals surface area contributed by atoms with Crippen LogP contribution in [0.5, 0.6) is 0 Å². The molecule has 1 amide bonds. The molecule has 1 saturated heterocycles. The van der Waals surface area contributed by atoms with Crippen LogP contribution in [0.3, 0.4) is 0 Å². The predicted octanol–water partition coefficient (Wildman–Crippen LogP) is 7.65. The Morgan fingerprint density at radius 2 is 1.79 bits per heavy atom. The van der Waals surface area contributed by atoms with Crippen LogP contribution in [0, 0.1) is 0 Å². The Hall–Kier alpha value is -3.52. The first-order chi connectivity index (χ1) is 20.8. The van der Waals surface area contributed by atoms with Crippen molar-refractivity contribution in [1.29, 1.82) is 0 Å². The van der Waals surface area contributed by atoms with Crippen LogP contribution in [0.2, 0.25) is 5.02 Å². The maximum Gasteiger partial charge on any atom is 0.265 e. The number of pyridine rings is 1. The summed E-state index contributed by atoms with van der Waals surface area (Å²) in [5, 5.41) is 6.62. The molecule has 43 heavy (non-hydrogen) atoms. The fraction of sp³-hybridized carbons (Fsp3) is 0.343. The highest BCUT2D eigenvalue weighted by molar-refractivity contribution is 7.13. The minimum absolute atomic E-state index is 0.0580. The summed E-state index contributed by atoms with van der Waals surface area (Å²) in [6.07, 6.45) is 4.34. The summed E-state index contributed by atoms with van der Waals surface area (Å²) in [6, 6.07) is 15.6. The van der Waals surface area contributed by atoms with E-state index < -0.39 is 0 Å². The van der Waals surface area contributed by atoms with Crippen molar-refractivity contribution in [3.63, 3.8) is 0 Å². The largest absolute Gasteiger partial charge is 0.333 e. The number of amides is 1. The van der Waals surface area contributed by atoms with Crippen LogP contribution in [0.4, 0.5) is 0 Å². The second-order valence-electron chi connectivity index (χ2n) is 11.2. The summed E-state index contributed by atoms with van der Waals surface area (Å²) in [5.74, 6) is -0.0580. The highest BCUT2D eigenvalue weighted by Crippen LogP contribution is 2.32. The number of nitrogens with zero attached hydrogens (tertiary/aromatic N) is 3. The lowest BCUT2D eigenvalue weighted by atomic mass is 9.99. The lowest BCUT2D eigenvalue weighted by Gasteiger charge is -2.36. The number of benzene rings is 2. The number of para-hydroxylation sites is 1. The fourth-order valence-corrected chi connectivity index (χ4v) is 6.76. The average Bonchev–Trinajstić information content (AvgIpc) is 3.51. The van der Waals surface area contributed by atoms with E-state index in [1.165, 1.54) is 11.3 Å². The van der Waals surface area contributed by atoms with Gasteiger partial charge in [0.05, 0.1) is 28.2 Å². The third kappa shape index (κ3) is 6.26. The number of nitrogens with one attached hydrogen (secondary N) is 1. The van der Waals surface area contributed by atoms with Gasteiger partial charge in [-0.05, 0) is 68.5 Å². The Labute approximate surface area is 263 Å². The minimum Gasteiger partial charge on any atom is -0.333 e. The van der Waals surface area contributed by atoms with Gasteiger partial charge in [-0.25, -0.2) is 4.98 Å². The molecule has 8 heteroatoms. The highest BCUT2D eigenvalue weighted by Gasteiger charge is 2.31. The number of aromatic nitrogens is 2. The molecule has 2 aromatic carbocycles. The van der Waals surface area contributed by atoms with Crippen molar-refractivity contribution in [2.24, 2.45) is 0 Å². The van der Waals surface area contributed by atoms with Gasteiger partial charge in [0.1, 0.15) is 5.01 Å². The van der Waals surface area contributed by atoms with Crippen LogP contribution < -0.4 is 10.9 Å².